The first kappa shape index (κ1) is 19.1. The quantitative estimate of drug-likeness (QED) is 0.191. The Morgan fingerprint density at radius 2 is 2.19 bits per heavy atom. The molecular weight excluding hydrogens is 385 g/mol. The van der Waals surface area contributed by atoms with Gasteiger partial charge >= 0.3 is 5.97 Å². The van der Waals surface area contributed by atoms with Gasteiger partial charge in [-0.25, -0.2) is 0 Å². The van der Waals surface area contributed by atoms with Crippen LogP contribution in [0.2, 0.25) is 0 Å². The van der Waals surface area contributed by atoms with Gasteiger partial charge in [-0.3, -0.25) is 4.79 Å². The van der Waals surface area contributed by atoms with Crippen LogP contribution in [0.15, 0.2) is 0 Å². The fraction of sp³-hybridized carbons (Fsp3) is 0.933. The van der Waals surface area contributed by atoms with Crippen molar-refractivity contribution in [3.05, 3.63) is 0 Å². The molecule has 0 spiro atoms. The molecule has 0 aromatic heterocycles. The third kappa shape index (κ3) is 7.25. The van der Waals surface area contributed by atoms with Crippen LogP contribution in [0.1, 0.15) is 32.6 Å². The van der Waals surface area contributed by atoms with E-state index in [1.54, 1.807) is 7.11 Å². The number of hydrogen-bond acceptors (Lipinski definition) is 5. The van der Waals surface area contributed by atoms with Crippen molar-refractivity contribution in [3.63, 3.8) is 0 Å². The van der Waals surface area contributed by atoms with E-state index >= 15 is 0 Å². The molecule has 0 aromatic carbocycles. The molecule has 1 fully saturated rings. The fourth-order valence-electron chi connectivity index (χ4n) is 2.86. The summed E-state index contributed by atoms with van der Waals surface area (Å²) in [5.74, 6) is 0.0179. The molecular formula is C15H28INO4. The average molecular weight is 413 g/mol. The highest BCUT2D eigenvalue weighted by molar-refractivity contribution is 14.1. The zero-order chi connectivity index (χ0) is 15.7. The van der Waals surface area contributed by atoms with Crippen molar-refractivity contribution in [3.8, 4) is 0 Å². The van der Waals surface area contributed by atoms with Crippen LogP contribution in [0.5, 0.6) is 0 Å². The van der Waals surface area contributed by atoms with Crippen molar-refractivity contribution >= 4 is 28.6 Å². The number of rotatable bonds is 9. The minimum atomic E-state index is -0.202. The van der Waals surface area contributed by atoms with Gasteiger partial charge < -0.3 is 19.1 Å². The van der Waals surface area contributed by atoms with Gasteiger partial charge in [-0.05, 0) is 30.7 Å². The number of likely N-dealkylation sites (tertiary alicyclic amines) is 1. The molecule has 5 nitrogen and oxygen atoms in total. The van der Waals surface area contributed by atoms with Gasteiger partial charge in [0.25, 0.3) is 0 Å². The Morgan fingerprint density at radius 1 is 1.43 bits per heavy atom. The predicted molar refractivity (Wildman–Crippen MR) is 90.6 cm³/mol. The van der Waals surface area contributed by atoms with Gasteiger partial charge in [0.1, 0.15) is 12.9 Å². The SMILES string of the molecule is COCOC(CCCCI)C1CN(C)CCC1OC(C)=O. The van der Waals surface area contributed by atoms with Crippen molar-refractivity contribution in [2.75, 3.05) is 38.5 Å². The number of alkyl halides is 1. The third-order valence-electron chi connectivity index (χ3n) is 3.86. The van der Waals surface area contributed by atoms with Crippen LogP contribution in [-0.4, -0.2) is 61.5 Å². The van der Waals surface area contributed by atoms with Crippen LogP contribution < -0.4 is 0 Å². The molecule has 1 heterocycles. The fourth-order valence-corrected chi connectivity index (χ4v) is 3.40. The van der Waals surface area contributed by atoms with Crippen LogP contribution in [0.4, 0.5) is 0 Å². The smallest absolute Gasteiger partial charge is 0.302 e. The summed E-state index contributed by atoms with van der Waals surface area (Å²) in [6.07, 6.45) is 4.22. The normalized spacial score (nSPS) is 24.8. The second kappa shape index (κ2) is 10.7. The summed E-state index contributed by atoms with van der Waals surface area (Å²) in [6.45, 7) is 3.63. The molecule has 1 aliphatic heterocycles. The number of ether oxygens (including phenoxy) is 3. The van der Waals surface area contributed by atoms with Crippen LogP contribution in [0, 0.1) is 5.92 Å². The number of unbranched alkanes of at least 4 members (excludes halogenated alkanes) is 1. The standard InChI is InChI=1S/C15H28INO4/c1-12(18)21-15-7-9-17(2)10-13(15)14(20-11-19-3)6-4-5-8-16/h13-15H,4-11H2,1-3H3. The molecule has 0 bridgehead atoms. The maximum Gasteiger partial charge on any atom is 0.302 e. The molecule has 0 aromatic rings. The van der Waals surface area contributed by atoms with E-state index < -0.39 is 0 Å². The number of hydrogen-bond donors (Lipinski definition) is 0. The number of halogens is 1. The number of carbonyl (C=O) groups excluding carboxylic acids is 1. The van der Waals surface area contributed by atoms with Crippen LogP contribution >= 0.6 is 22.6 Å². The van der Waals surface area contributed by atoms with E-state index in [4.69, 9.17) is 14.2 Å². The number of methoxy groups -OCH3 is 1. The largest absolute Gasteiger partial charge is 0.462 e. The second-order valence-corrected chi connectivity index (χ2v) is 6.74. The summed E-state index contributed by atoms with van der Waals surface area (Å²) in [5.41, 5.74) is 0. The Bertz CT molecular complexity index is 303. The molecule has 0 radical (unpaired) electrons. The molecule has 0 amide bonds. The lowest BCUT2D eigenvalue weighted by atomic mass is 9.87. The Morgan fingerprint density at radius 3 is 2.81 bits per heavy atom. The van der Waals surface area contributed by atoms with Crippen molar-refractivity contribution in [1.29, 1.82) is 0 Å². The summed E-state index contributed by atoms with van der Waals surface area (Å²) in [7, 11) is 3.74. The van der Waals surface area contributed by atoms with Crippen molar-refractivity contribution in [1.82, 2.24) is 4.90 Å². The monoisotopic (exact) mass is 413 g/mol. The maximum atomic E-state index is 11.3. The first-order valence-corrected chi connectivity index (χ1v) is 9.13. The van der Waals surface area contributed by atoms with E-state index in [2.05, 4.69) is 34.5 Å². The van der Waals surface area contributed by atoms with Gasteiger partial charge in [-0.1, -0.05) is 29.0 Å². The topological polar surface area (TPSA) is 48.0 Å². The van der Waals surface area contributed by atoms with Gasteiger partial charge in [-0.2, -0.15) is 0 Å². The molecule has 3 atom stereocenters. The number of esters is 1. The zero-order valence-electron chi connectivity index (χ0n) is 13.3. The molecule has 21 heavy (non-hydrogen) atoms. The van der Waals surface area contributed by atoms with Crippen molar-refractivity contribution in [2.24, 2.45) is 5.92 Å². The van der Waals surface area contributed by atoms with Crippen LogP contribution in [0.25, 0.3) is 0 Å². The Labute approximate surface area is 141 Å². The van der Waals surface area contributed by atoms with E-state index in [0.717, 1.165) is 36.8 Å². The summed E-state index contributed by atoms with van der Waals surface area (Å²) in [4.78, 5) is 13.6. The van der Waals surface area contributed by atoms with Crippen molar-refractivity contribution < 1.29 is 19.0 Å². The average Bonchev–Trinajstić information content (AvgIpc) is 2.44. The summed E-state index contributed by atoms with van der Waals surface area (Å²) in [6, 6.07) is 0. The van der Waals surface area contributed by atoms with Gasteiger partial charge in [0.05, 0.1) is 6.10 Å². The summed E-state index contributed by atoms with van der Waals surface area (Å²) < 4.78 is 17.7. The number of nitrogens with zero attached hydrogens (tertiary/aromatic N) is 1. The number of carbonyl (C=O) groups is 1. The predicted octanol–water partition coefficient (Wildman–Crippen LogP) is 2.46. The molecule has 1 rings (SSSR count). The molecule has 0 N–H and O–H groups in total. The molecule has 0 saturated carbocycles. The highest BCUT2D eigenvalue weighted by Crippen LogP contribution is 2.27. The minimum Gasteiger partial charge on any atom is -0.462 e. The summed E-state index contributed by atoms with van der Waals surface area (Å²) in [5, 5.41) is 0. The van der Waals surface area contributed by atoms with E-state index in [0.29, 0.717) is 6.79 Å². The lowest BCUT2D eigenvalue weighted by Crippen LogP contribution is -2.49. The third-order valence-corrected chi connectivity index (χ3v) is 4.63. The van der Waals surface area contributed by atoms with Crippen LogP contribution in [0.3, 0.4) is 0 Å². The molecule has 3 unspecified atom stereocenters. The first-order valence-electron chi connectivity index (χ1n) is 7.60. The minimum absolute atomic E-state index is 0.0415. The number of piperidine rings is 1. The molecule has 0 aliphatic carbocycles. The first-order chi connectivity index (χ1) is 10.1. The van der Waals surface area contributed by atoms with Gasteiger partial charge in [-0.15, -0.1) is 0 Å². The maximum absolute atomic E-state index is 11.3. The van der Waals surface area contributed by atoms with Gasteiger partial charge in [0, 0.05) is 33.0 Å². The highest BCUT2D eigenvalue weighted by atomic mass is 127. The molecule has 124 valence electrons. The highest BCUT2D eigenvalue weighted by Gasteiger charge is 2.36. The molecule has 1 saturated heterocycles. The Balaban J connectivity index is 2.68. The van der Waals surface area contributed by atoms with Gasteiger partial charge in [0.2, 0.25) is 0 Å². The van der Waals surface area contributed by atoms with Crippen molar-refractivity contribution in [2.45, 2.75) is 44.8 Å². The second-order valence-electron chi connectivity index (χ2n) is 5.66. The Hall–Kier alpha value is 0.0800. The Kier molecular flexibility index (Phi) is 9.79. The van der Waals surface area contributed by atoms with E-state index in [1.165, 1.54) is 13.3 Å². The summed E-state index contributed by atoms with van der Waals surface area (Å²) >= 11 is 2.40. The molecule has 6 heteroatoms. The zero-order valence-corrected chi connectivity index (χ0v) is 15.5. The lowest BCUT2D eigenvalue weighted by molar-refractivity contribution is -0.163. The molecule has 1 aliphatic rings. The van der Waals surface area contributed by atoms with E-state index in [1.807, 2.05) is 0 Å². The van der Waals surface area contributed by atoms with Crippen LogP contribution in [-0.2, 0) is 19.0 Å². The van der Waals surface area contributed by atoms with Gasteiger partial charge in [0.15, 0.2) is 0 Å². The lowest BCUT2D eigenvalue weighted by Gasteiger charge is -2.40. The van der Waals surface area contributed by atoms with E-state index in [9.17, 15) is 4.79 Å². The van der Waals surface area contributed by atoms with E-state index in [-0.39, 0.29) is 24.1 Å².